The van der Waals surface area contributed by atoms with Crippen LogP contribution in [0.2, 0.25) is 0 Å². The van der Waals surface area contributed by atoms with Crippen LogP contribution in [-0.4, -0.2) is 45.3 Å². The summed E-state index contributed by atoms with van der Waals surface area (Å²) in [7, 11) is 0. The molecule has 2 N–H and O–H groups in total. The lowest BCUT2D eigenvalue weighted by Gasteiger charge is -2.33. The Morgan fingerprint density at radius 1 is 1.47 bits per heavy atom. The highest BCUT2D eigenvalue weighted by Gasteiger charge is 2.24. The minimum atomic E-state index is -1.00. The lowest BCUT2D eigenvalue weighted by Crippen LogP contribution is -2.38. The highest BCUT2D eigenvalue weighted by molar-refractivity contribution is 5.88. The number of aliphatic hydroxyl groups excluding tert-OH is 1. The highest BCUT2D eigenvalue weighted by Crippen LogP contribution is 2.23. The van der Waals surface area contributed by atoms with E-state index in [1.807, 2.05) is 11.8 Å². The van der Waals surface area contributed by atoms with Gasteiger partial charge in [-0.05, 0) is 32.6 Å². The zero-order chi connectivity index (χ0) is 14.0. The van der Waals surface area contributed by atoms with Gasteiger partial charge in [0.15, 0.2) is 0 Å². The number of piperidine rings is 1. The lowest BCUT2D eigenvalue weighted by atomic mass is 9.92. The maximum Gasteiger partial charge on any atom is 0.339 e. The molecule has 1 aromatic heterocycles. The summed E-state index contributed by atoms with van der Waals surface area (Å²) in [6, 6.07) is 0. The van der Waals surface area contributed by atoms with Gasteiger partial charge < -0.3 is 15.1 Å². The molecule has 0 saturated carbocycles. The van der Waals surface area contributed by atoms with E-state index >= 15 is 0 Å². The minimum Gasteiger partial charge on any atom is -0.478 e. The van der Waals surface area contributed by atoms with Crippen LogP contribution in [0.5, 0.6) is 0 Å². The first-order valence-electron chi connectivity index (χ1n) is 6.49. The first-order chi connectivity index (χ1) is 8.99. The van der Waals surface area contributed by atoms with E-state index in [1.54, 1.807) is 6.92 Å². The molecule has 0 bridgehead atoms. The lowest BCUT2D eigenvalue weighted by molar-refractivity contribution is 0.0695. The molecule has 1 unspecified atom stereocenters. The van der Waals surface area contributed by atoms with Crippen molar-refractivity contribution in [1.29, 1.82) is 0 Å². The number of hydrogen-bond donors (Lipinski definition) is 2. The molecule has 0 amide bonds. The van der Waals surface area contributed by atoms with E-state index in [-0.39, 0.29) is 11.7 Å². The summed E-state index contributed by atoms with van der Waals surface area (Å²) in [5.41, 5.74) is 0.623. The summed E-state index contributed by atoms with van der Waals surface area (Å²) in [5.74, 6) is -0.0981. The van der Waals surface area contributed by atoms with Gasteiger partial charge in [-0.15, -0.1) is 0 Å². The Morgan fingerprint density at radius 2 is 2.11 bits per heavy atom. The Balaban J connectivity index is 2.08. The van der Waals surface area contributed by atoms with Crippen molar-refractivity contribution in [2.45, 2.75) is 32.8 Å². The molecule has 1 atom stereocenters. The number of aromatic nitrogens is 2. The van der Waals surface area contributed by atoms with Gasteiger partial charge in [-0.25, -0.2) is 14.8 Å². The second-order valence-electron chi connectivity index (χ2n) is 5.04. The van der Waals surface area contributed by atoms with Crippen molar-refractivity contribution in [3.63, 3.8) is 0 Å². The minimum absolute atomic E-state index is 0.141. The Morgan fingerprint density at radius 3 is 2.58 bits per heavy atom. The number of anilines is 1. The zero-order valence-electron chi connectivity index (χ0n) is 11.2. The third-order valence-electron chi connectivity index (χ3n) is 3.70. The molecule has 6 nitrogen and oxygen atoms in total. The first kappa shape index (κ1) is 13.7. The van der Waals surface area contributed by atoms with Gasteiger partial charge in [0.25, 0.3) is 0 Å². The fourth-order valence-corrected chi connectivity index (χ4v) is 2.40. The quantitative estimate of drug-likeness (QED) is 0.850. The van der Waals surface area contributed by atoms with E-state index in [1.165, 1.54) is 6.20 Å². The van der Waals surface area contributed by atoms with Crippen LogP contribution in [0.15, 0.2) is 6.20 Å². The van der Waals surface area contributed by atoms with Crippen molar-refractivity contribution < 1.29 is 15.0 Å². The first-order valence-corrected chi connectivity index (χ1v) is 6.49. The fraction of sp³-hybridized carbons (Fsp3) is 0.615. The molecular formula is C13H19N3O3. The van der Waals surface area contributed by atoms with Crippen LogP contribution < -0.4 is 4.90 Å². The van der Waals surface area contributed by atoms with Crippen molar-refractivity contribution >= 4 is 11.9 Å². The number of hydrogen-bond acceptors (Lipinski definition) is 5. The van der Waals surface area contributed by atoms with Gasteiger partial charge >= 0.3 is 5.97 Å². The molecule has 2 rings (SSSR count). The SMILES string of the molecule is Cc1nc(N2CCC(C(C)O)CC2)ncc1C(=O)O. The average molecular weight is 265 g/mol. The number of carboxylic acid groups (broad SMARTS) is 1. The third kappa shape index (κ3) is 3.01. The number of nitrogens with zero attached hydrogens (tertiary/aromatic N) is 3. The van der Waals surface area contributed by atoms with E-state index in [4.69, 9.17) is 5.11 Å². The average Bonchev–Trinajstić information content (AvgIpc) is 2.38. The number of rotatable bonds is 3. The van der Waals surface area contributed by atoms with Crippen LogP contribution in [0.25, 0.3) is 0 Å². The normalized spacial score (nSPS) is 18.4. The van der Waals surface area contributed by atoms with Gasteiger partial charge in [0, 0.05) is 19.3 Å². The molecule has 0 aliphatic carbocycles. The maximum atomic E-state index is 10.9. The molecular weight excluding hydrogens is 246 g/mol. The number of aliphatic hydroxyl groups is 1. The Hall–Kier alpha value is -1.69. The van der Waals surface area contributed by atoms with Crippen molar-refractivity contribution in [3.8, 4) is 0 Å². The smallest absolute Gasteiger partial charge is 0.339 e. The second-order valence-corrected chi connectivity index (χ2v) is 5.04. The van der Waals surface area contributed by atoms with Gasteiger partial charge in [0.2, 0.25) is 5.95 Å². The largest absolute Gasteiger partial charge is 0.478 e. The van der Waals surface area contributed by atoms with Crippen LogP contribution in [0.1, 0.15) is 35.8 Å². The Bertz CT molecular complexity index is 468. The molecule has 1 aromatic rings. The Labute approximate surface area is 112 Å². The van der Waals surface area contributed by atoms with Crippen LogP contribution in [-0.2, 0) is 0 Å². The molecule has 0 aromatic carbocycles. The molecule has 1 aliphatic heterocycles. The second kappa shape index (κ2) is 5.52. The van der Waals surface area contributed by atoms with Gasteiger partial charge in [0.1, 0.15) is 0 Å². The van der Waals surface area contributed by atoms with Crippen LogP contribution in [0.4, 0.5) is 5.95 Å². The number of carbonyl (C=O) groups is 1. The van der Waals surface area contributed by atoms with Crippen molar-refractivity contribution in [2.24, 2.45) is 5.92 Å². The van der Waals surface area contributed by atoms with E-state index in [0.29, 0.717) is 17.6 Å². The summed E-state index contributed by atoms with van der Waals surface area (Å²) >= 11 is 0. The van der Waals surface area contributed by atoms with Gasteiger partial charge in [-0.3, -0.25) is 0 Å². The fourth-order valence-electron chi connectivity index (χ4n) is 2.40. The molecule has 1 aliphatic rings. The zero-order valence-corrected chi connectivity index (χ0v) is 11.2. The number of carboxylic acids is 1. The molecule has 1 saturated heterocycles. The van der Waals surface area contributed by atoms with Gasteiger partial charge in [-0.2, -0.15) is 0 Å². The molecule has 19 heavy (non-hydrogen) atoms. The Kier molecular flexibility index (Phi) is 3.99. The molecule has 0 spiro atoms. The summed E-state index contributed by atoms with van der Waals surface area (Å²) < 4.78 is 0. The molecule has 1 fully saturated rings. The third-order valence-corrected chi connectivity index (χ3v) is 3.70. The monoisotopic (exact) mass is 265 g/mol. The van der Waals surface area contributed by atoms with Gasteiger partial charge in [-0.1, -0.05) is 0 Å². The van der Waals surface area contributed by atoms with E-state index in [2.05, 4.69) is 9.97 Å². The van der Waals surface area contributed by atoms with Crippen LogP contribution in [0, 0.1) is 12.8 Å². The van der Waals surface area contributed by atoms with Crippen LogP contribution >= 0.6 is 0 Å². The highest BCUT2D eigenvalue weighted by atomic mass is 16.4. The van der Waals surface area contributed by atoms with E-state index in [9.17, 15) is 9.90 Å². The molecule has 0 radical (unpaired) electrons. The standard InChI is InChI=1S/C13H19N3O3/c1-8-11(12(18)19)7-14-13(15-8)16-5-3-10(4-6-16)9(2)17/h7,9-10,17H,3-6H2,1-2H3,(H,18,19). The van der Waals surface area contributed by atoms with Gasteiger partial charge in [0.05, 0.1) is 17.4 Å². The van der Waals surface area contributed by atoms with Crippen LogP contribution in [0.3, 0.4) is 0 Å². The number of aromatic carboxylic acids is 1. The van der Waals surface area contributed by atoms with Crippen molar-refractivity contribution in [1.82, 2.24) is 9.97 Å². The predicted octanol–water partition coefficient (Wildman–Crippen LogP) is 1.08. The maximum absolute atomic E-state index is 10.9. The topological polar surface area (TPSA) is 86.5 Å². The molecule has 104 valence electrons. The molecule has 2 heterocycles. The number of aryl methyl sites for hydroxylation is 1. The van der Waals surface area contributed by atoms with E-state index in [0.717, 1.165) is 25.9 Å². The molecule has 6 heteroatoms. The van der Waals surface area contributed by atoms with Crippen molar-refractivity contribution in [2.75, 3.05) is 18.0 Å². The van der Waals surface area contributed by atoms with E-state index < -0.39 is 5.97 Å². The summed E-state index contributed by atoms with van der Waals surface area (Å²) in [5, 5.41) is 18.5. The summed E-state index contributed by atoms with van der Waals surface area (Å²) in [6.07, 6.45) is 2.89. The summed E-state index contributed by atoms with van der Waals surface area (Å²) in [6.45, 7) is 5.09. The van der Waals surface area contributed by atoms with Crippen molar-refractivity contribution in [3.05, 3.63) is 17.5 Å². The predicted molar refractivity (Wildman–Crippen MR) is 70.3 cm³/mol. The summed E-state index contributed by atoms with van der Waals surface area (Å²) in [4.78, 5) is 21.3.